The number of anilines is 1. The number of rotatable bonds is 7. The molecule has 20 heavy (non-hydrogen) atoms. The fraction of sp³-hybridized carbons (Fsp3) is 0.438. The van der Waals surface area contributed by atoms with Crippen molar-refractivity contribution in [2.24, 2.45) is 0 Å². The van der Waals surface area contributed by atoms with Crippen molar-refractivity contribution in [2.45, 2.75) is 20.4 Å². The monoisotopic (exact) mass is 273 g/mol. The third-order valence-corrected chi connectivity index (χ3v) is 3.40. The highest BCUT2D eigenvalue weighted by Gasteiger charge is 2.12. The molecule has 0 atom stereocenters. The summed E-state index contributed by atoms with van der Waals surface area (Å²) in [4.78, 5) is 6.92. The third kappa shape index (κ3) is 3.26. The van der Waals surface area contributed by atoms with Crippen molar-refractivity contribution in [2.75, 3.05) is 31.1 Å². The Morgan fingerprint density at radius 3 is 2.75 bits per heavy atom. The molecule has 0 aliphatic carbocycles. The Kier molecular flexibility index (Phi) is 5.32. The largest absolute Gasteiger partial charge is 0.395 e. The van der Waals surface area contributed by atoms with Gasteiger partial charge in [-0.05, 0) is 25.6 Å². The van der Waals surface area contributed by atoms with E-state index in [0.717, 1.165) is 36.4 Å². The lowest BCUT2D eigenvalue weighted by molar-refractivity contribution is 0.302. The van der Waals surface area contributed by atoms with Crippen molar-refractivity contribution in [1.29, 1.82) is 0 Å². The Labute approximate surface area is 120 Å². The minimum Gasteiger partial charge on any atom is -0.395 e. The maximum Gasteiger partial charge on any atom is 0.133 e. The molecule has 4 heteroatoms. The fourth-order valence-corrected chi connectivity index (χ4v) is 2.35. The number of hydrogen-bond acceptors (Lipinski definition) is 4. The molecule has 0 saturated heterocycles. The summed E-state index contributed by atoms with van der Waals surface area (Å²) in [5.41, 5.74) is 2.18. The maximum atomic E-state index is 9.22. The van der Waals surface area contributed by atoms with E-state index < -0.39 is 0 Å². The second-order valence-electron chi connectivity index (χ2n) is 4.75. The SMILES string of the molecule is CCNCc1cc2ccccc2nc1N(CC)CCO. The summed E-state index contributed by atoms with van der Waals surface area (Å²) in [5, 5.41) is 13.7. The summed E-state index contributed by atoms with van der Waals surface area (Å²) in [6, 6.07) is 10.4. The van der Waals surface area contributed by atoms with E-state index in [4.69, 9.17) is 4.98 Å². The molecule has 1 aromatic carbocycles. The summed E-state index contributed by atoms with van der Waals surface area (Å²) < 4.78 is 0. The molecule has 0 bridgehead atoms. The van der Waals surface area contributed by atoms with E-state index in [1.165, 1.54) is 5.56 Å². The summed E-state index contributed by atoms with van der Waals surface area (Å²) in [6.45, 7) is 7.50. The molecule has 1 heterocycles. The van der Waals surface area contributed by atoms with Crippen LogP contribution in [0, 0.1) is 0 Å². The smallest absolute Gasteiger partial charge is 0.133 e. The second kappa shape index (κ2) is 7.22. The van der Waals surface area contributed by atoms with Crippen LogP contribution in [-0.2, 0) is 6.54 Å². The summed E-state index contributed by atoms with van der Waals surface area (Å²) >= 11 is 0. The summed E-state index contributed by atoms with van der Waals surface area (Å²) in [5.74, 6) is 0.973. The molecule has 0 amide bonds. The van der Waals surface area contributed by atoms with E-state index in [0.29, 0.717) is 6.54 Å². The molecule has 1 aromatic heterocycles. The molecule has 0 aliphatic rings. The first-order valence-electron chi connectivity index (χ1n) is 7.25. The molecule has 2 rings (SSSR count). The quantitative estimate of drug-likeness (QED) is 0.811. The van der Waals surface area contributed by atoms with E-state index in [1.807, 2.05) is 18.2 Å². The van der Waals surface area contributed by atoms with Gasteiger partial charge in [0.25, 0.3) is 0 Å². The van der Waals surface area contributed by atoms with Crippen LogP contribution in [0.5, 0.6) is 0 Å². The average molecular weight is 273 g/mol. The van der Waals surface area contributed by atoms with Crippen molar-refractivity contribution in [3.63, 3.8) is 0 Å². The molecule has 4 nitrogen and oxygen atoms in total. The number of likely N-dealkylation sites (N-methyl/N-ethyl adjacent to an activating group) is 1. The highest BCUT2D eigenvalue weighted by atomic mass is 16.3. The van der Waals surface area contributed by atoms with E-state index in [1.54, 1.807) is 0 Å². The fourth-order valence-electron chi connectivity index (χ4n) is 2.35. The predicted molar refractivity (Wildman–Crippen MR) is 84.1 cm³/mol. The molecule has 0 unspecified atom stereocenters. The number of hydrogen-bond donors (Lipinski definition) is 2. The number of aliphatic hydroxyl groups is 1. The molecule has 2 N–H and O–H groups in total. The van der Waals surface area contributed by atoms with Crippen LogP contribution in [0.15, 0.2) is 30.3 Å². The van der Waals surface area contributed by atoms with Gasteiger partial charge in [-0.2, -0.15) is 0 Å². The van der Waals surface area contributed by atoms with Gasteiger partial charge in [0.1, 0.15) is 5.82 Å². The van der Waals surface area contributed by atoms with Crippen LogP contribution in [-0.4, -0.2) is 36.3 Å². The Balaban J connectivity index is 2.46. The van der Waals surface area contributed by atoms with Gasteiger partial charge < -0.3 is 15.3 Å². The van der Waals surface area contributed by atoms with Crippen LogP contribution in [0.1, 0.15) is 19.4 Å². The Morgan fingerprint density at radius 1 is 1.25 bits per heavy atom. The van der Waals surface area contributed by atoms with Gasteiger partial charge in [-0.3, -0.25) is 0 Å². The molecule has 2 aromatic rings. The highest BCUT2D eigenvalue weighted by Crippen LogP contribution is 2.23. The molecule has 0 saturated carbocycles. The van der Waals surface area contributed by atoms with Gasteiger partial charge in [-0.15, -0.1) is 0 Å². The van der Waals surface area contributed by atoms with E-state index >= 15 is 0 Å². The van der Waals surface area contributed by atoms with Crippen LogP contribution in [0.2, 0.25) is 0 Å². The first kappa shape index (κ1) is 14.8. The summed E-state index contributed by atoms with van der Waals surface area (Å²) in [6.07, 6.45) is 0. The number of nitrogens with one attached hydrogen (secondary N) is 1. The predicted octanol–water partition coefficient (Wildman–Crippen LogP) is 2.16. The highest BCUT2D eigenvalue weighted by molar-refractivity contribution is 5.81. The van der Waals surface area contributed by atoms with Crippen LogP contribution in [0.3, 0.4) is 0 Å². The molecule has 0 fully saturated rings. The minimum atomic E-state index is 0.142. The van der Waals surface area contributed by atoms with E-state index in [-0.39, 0.29) is 6.61 Å². The molecule has 108 valence electrons. The Bertz CT molecular complexity index is 556. The number of pyridine rings is 1. The van der Waals surface area contributed by atoms with Crippen molar-refractivity contribution in [3.8, 4) is 0 Å². The molecular weight excluding hydrogens is 250 g/mol. The Hall–Kier alpha value is -1.65. The lowest BCUT2D eigenvalue weighted by atomic mass is 10.1. The molecule has 0 radical (unpaired) electrons. The van der Waals surface area contributed by atoms with Crippen LogP contribution >= 0.6 is 0 Å². The molecule has 0 spiro atoms. The maximum absolute atomic E-state index is 9.22. The average Bonchev–Trinajstić information content (AvgIpc) is 2.49. The van der Waals surface area contributed by atoms with Gasteiger partial charge in [-0.1, -0.05) is 25.1 Å². The Morgan fingerprint density at radius 2 is 2.05 bits per heavy atom. The zero-order valence-corrected chi connectivity index (χ0v) is 12.3. The van der Waals surface area contributed by atoms with Crippen LogP contribution in [0.25, 0.3) is 10.9 Å². The molecule has 0 aliphatic heterocycles. The normalized spacial score (nSPS) is 10.9. The van der Waals surface area contributed by atoms with E-state index in [9.17, 15) is 5.11 Å². The van der Waals surface area contributed by atoms with Crippen molar-refractivity contribution < 1.29 is 5.11 Å². The second-order valence-corrected chi connectivity index (χ2v) is 4.75. The van der Waals surface area contributed by atoms with Gasteiger partial charge in [0.15, 0.2) is 0 Å². The lowest BCUT2D eigenvalue weighted by Crippen LogP contribution is -2.29. The van der Waals surface area contributed by atoms with Gasteiger partial charge >= 0.3 is 0 Å². The zero-order valence-electron chi connectivity index (χ0n) is 12.3. The number of benzene rings is 1. The summed E-state index contributed by atoms with van der Waals surface area (Å²) in [7, 11) is 0. The van der Waals surface area contributed by atoms with Gasteiger partial charge in [0.2, 0.25) is 0 Å². The van der Waals surface area contributed by atoms with Crippen LogP contribution in [0.4, 0.5) is 5.82 Å². The number of aliphatic hydroxyl groups excluding tert-OH is 1. The number of fused-ring (bicyclic) bond motifs is 1. The first-order valence-corrected chi connectivity index (χ1v) is 7.25. The minimum absolute atomic E-state index is 0.142. The van der Waals surface area contributed by atoms with Crippen molar-refractivity contribution >= 4 is 16.7 Å². The van der Waals surface area contributed by atoms with Gasteiger partial charge in [0, 0.05) is 30.6 Å². The zero-order chi connectivity index (χ0) is 14.4. The number of aromatic nitrogens is 1. The third-order valence-electron chi connectivity index (χ3n) is 3.40. The van der Waals surface area contributed by atoms with Gasteiger partial charge in [0.05, 0.1) is 12.1 Å². The first-order chi connectivity index (χ1) is 9.80. The van der Waals surface area contributed by atoms with Gasteiger partial charge in [-0.25, -0.2) is 4.98 Å². The van der Waals surface area contributed by atoms with Crippen LogP contribution < -0.4 is 10.2 Å². The lowest BCUT2D eigenvalue weighted by Gasteiger charge is -2.24. The van der Waals surface area contributed by atoms with E-state index in [2.05, 4.69) is 36.2 Å². The standard InChI is InChI=1S/C16H23N3O/c1-3-17-12-14-11-13-7-5-6-8-15(13)18-16(14)19(4-2)9-10-20/h5-8,11,17,20H,3-4,9-10,12H2,1-2H3. The molecular formula is C16H23N3O. The van der Waals surface area contributed by atoms with Crippen molar-refractivity contribution in [3.05, 3.63) is 35.9 Å². The van der Waals surface area contributed by atoms with Crippen molar-refractivity contribution in [1.82, 2.24) is 10.3 Å². The number of nitrogens with zero attached hydrogens (tertiary/aromatic N) is 2. The topological polar surface area (TPSA) is 48.4 Å². The number of para-hydroxylation sites is 1.